The van der Waals surface area contributed by atoms with Crippen molar-refractivity contribution in [3.8, 4) is 22.9 Å². The van der Waals surface area contributed by atoms with Gasteiger partial charge in [-0.05, 0) is 24.3 Å². The number of nitrogens with zero attached hydrogens (tertiary/aromatic N) is 3. The highest BCUT2D eigenvalue weighted by Crippen LogP contribution is 2.28. The lowest BCUT2D eigenvalue weighted by Gasteiger charge is -2.11. The van der Waals surface area contributed by atoms with Crippen LogP contribution in [-0.2, 0) is 5.41 Å². The number of carbonyl (C=O) groups excluding carboxylic acids is 1. The van der Waals surface area contributed by atoms with Crippen molar-refractivity contribution in [1.29, 1.82) is 0 Å². The number of nitrogens with one attached hydrogen (secondary N) is 1. The zero-order valence-corrected chi connectivity index (χ0v) is 16.4. The molecule has 0 spiro atoms. The Morgan fingerprint density at radius 2 is 1.93 bits per heavy atom. The number of anilines is 1. The maximum Gasteiger partial charge on any atom is 0.258 e. The van der Waals surface area contributed by atoms with Crippen molar-refractivity contribution in [2.75, 3.05) is 5.32 Å². The monoisotopic (exact) mass is 394 g/mol. The first-order valence-electron chi connectivity index (χ1n) is 8.66. The number of hydrogen-bond acceptors (Lipinski definition) is 7. The van der Waals surface area contributed by atoms with Gasteiger partial charge < -0.3 is 8.94 Å². The summed E-state index contributed by atoms with van der Waals surface area (Å²) in [6.45, 7) is 6.00. The summed E-state index contributed by atoms with van der Waals surface area (Å²) in [7, 11) is 0. The molecule has 0 aliphatic rings. The van der Waals surface area contributed by atoms with Crippen LogP contribution in [0.5, 0.6) is 0 Å². The molecule has 0 saturated heterocycles. The predicted octanol–water partition coefficient (Wildman–Crippen LogP) is 5.00. The first kappa shape index (κ1) is 18.1. The first-order chi connectivity index (χ1) is 13.4. The van der Waals surface area contributed by atoms with Crippen molar-refractivity contribution in [2.24, 2.45) is 0 Å². The lowest BCUT2D eigenvalue weighted by molar-refractivity contribution is 0.102. The SMILES string of the molecule is CC(C)(C)c1noc(-c2ccccc2C(=O)Nc2nc(-c3ccco3)cs2)n1. The Morgan fingerprint density at radius 3 is 2.64 bits per heavy atom. The molecule has 3 aromatic heterocycles. The third-order valence-electron chi connectivity index (χ3n) is 4.00. The smallest absolute Gasteiger partial charge is 0.258 e. The van der Waals surface area contributed by atoms with E-state index in [0.29, 0.717) is 39.4 Å². The molecule has 0 atom stereocenters. The van der Waals surface area contributed by atoms with Crippen LogP contribution >= 0.6 is 11.3 Å². The Morgan fingerprint density at radius 1 is 1.11 bits per heavy atom. The normalized spacial score (nSPS) is 11.5. The minimum Gasteiger partial charge on any atom is -0.463 e. The molecule has 0 unspecified atom stereocenters. The highest BCUT2D eigenvalue weighted by Gasteiger charge is 2.24. The quantitative estimate of drug-likeness (QED) is 0.523. The fraction of sp³-hybridized carbons (Fsp3) is 0.200. The molecule has 3 heterocycles. The van der Waals surface area contributed by atoms with Crippen LogP contribution in [0.3, 0.4) is 0 Å². The van der Waals surface area contributed by atoms with Crippen LogP contribution in [-0.4, -0.2) is 21.0 Å². The molecule has 0 fully saturated rings. The molecule has 4 aromatic rings. The Balaban J connectivity index is 1.60. The first-order valence-corrected chi connectivity index (χ1v) is 9.54. The van der Waals surface area contributed by atoms with Crippen molar-refractivity contribution >= 4 is 22.4 Å². The van der Waals surface area contributed by atoms with Crippen LogP contribution < -0.4 is 5.32 Å². The van der Waals surface area contributed by atoms with Crippen LogP contribution in [0.1, 0.15) is 37.0 Å². The average Bonchev–Trinajstić information content (AvgIpc) is 3.41. The molecule has 1 aromatic carbocycles. The molecule has 1 N–H and O–H groups in total. The zero-order chi connectivity index (χ0) is 19.7. The second-order valence-electron chi connectivity index (χ2n) is 7.19. The number of thiazole rings is 1. The van der Waals surface area contributed by atoms with Gasteiger partial charge >= 0.3 is 0 Å². The topological polar surface area (TPSA) is 94.1 Å². The van der Waals surface area contributed by atoms with Crippen molar-refractivity contribution < 1.29 is 13.7 Å². The van der Waals surface area contributed by atoms with Gasteiger partial charge in [-0.2, -0.15) is 4.98 Å². The van der Waals surface area contributed by atoms with E-state index in [4.69, 9.17) is 8.94 Å². The summed E-state index contributed by atoms with van der Waals surface area (Å²) in [5.74, 6) is 1.25. The van der Waals surface area contributed by atoms with Gasteiger partial charge in [-0.15, -0.1) is 11.3 Å². The van der Waals surface area contributed by atoms with E-state index in [1.165, 1.54) is 11.3 Å². The summed E-state index contributed by atoms with van der Waals surface area (Å²) in [6, 6.07) is 10.7. The van der Waals surface area contributed by atoms with Gasteiger partial charge in [0.15, 0.2) is 16.7 Å². The van der Waals surface area contributed by atoms with Gasteiger partial charge in [0.1, 0.15) is 5.69 Å². The Bertz CT molecular complexity index is 1110. The van der Waals surface area contributed by atoms with E-state index in [-0.39, 0.29) is 11.3 Å². The molecule has 142 valence electrons. The largest absolute Gasteiger partial charge is 0.463 e. The fourth-order valence-corrected chi connectivity index (χ4v) is 3.23. The van der Waals surface area contributed by atoms with Gasteiger partial charge in [0.05, 0.1) is 17.4 Å². The number of rotatable bonds is 4. The number of amides is 1. The average molecular weight is 394 g/mol. The Hall–Kier alpha value is -3.26. The molecular formula is C20H18N4O3S. The van der Waals surface area contributed by atoms with Gasteiger partial charge in [0.2, 0.25) is 0 Å². The van der Waals surface area contributed by atoms with E-state index in [9.17, 15) is 4.79 Å². The van der Waals surface area contributed by atoms with Gasteiger partial charge in [-0.3, -0.25) is 10.1 Å². The third-order valence-corrected chi connectivity index (χ3v) is 4.75. The van der Waals surface area contributed by atoms with Crippen LogP contribution in [0.15, 0.2) is 57.0 Å². The minimum atomic E-state index is -0.300. The summed E-state index contributed by atoms with van der Waals surface area (Å²) in [5.41, 5.74) is 1.43. The van der Waals surface area contributed by atoms with Gasteiger partial charge in [-0.25, -0.2) is 4.98 Å². The predicted molar refractivity (Wildman–Crippen MR) is 106 cm³/mol. The van der Waals surface area contributed by atoms with Gasteiger partial charge in [0, 0.05) is 10.8 Å². The summed E-state index contributed by atoms with van der Waals surface area (Å²) in [5, 5.41) is 9.17. The molecule has 0 bridgehead atoms. The second kappa shape index (κ2) is 7.05. The van der Waals surface area contributed by atoms with Crippen LogP contribution in [0, 0.1) is 0 Å². The molecule has 0 aliphatic carbocycles. The molecule has 0 saturated carbocycles. The molecule has 4 rings (SSSR count). The second-order valence-corrected chi connectivity index (χ2v) is 8.05. The molecule has 0 radical (unpaired) electrons. The highest BCUT2D eigenvalue weighted by atomic mass is 32.1. The molecule has 7 nitrogen and oxygen atoms in total. The number of hydrogen-bond donors (Lipinski definition) is 1. The fourth-order valence-electron chi connectivity index (χ4n) is 2.54. The summed E-state index contributed by atoms with van der Waals surface area (Å²) < 4.78 is 10.7. The van der Waals surface area contributed by atoms with E-state index in [0.717, 1.165) is 0 Å². The van der Waals surface area contributed by atoms with E-state index in [1.54, 1.807) is 30.5 Å². The number of carbonyl (C=O) groups is 1. The standard InChI is InChI=1S/C20H18N4O3S/c1-20(2,3)18-23-17(27-24-18)13-8-5-4-7-12(13)16(25)22-19-21-14(11-28-19)15-9-6-10-26-15/h4-11H,1-3H3,(H,21,22,25). The van der Waals surface area contributed by atoms with E-state index in [1.807, 2.05) is 38.3 Å². The number of aromatic nitrogens is 3. The lowest BCUT2D eigenvalue weighted by Crippen LogP contribution is -2.14. The summed E-state index contributed by atoms with van der Waals surface area (Å²) in [4.78, 5) is 21.7. The van der Waals surface area contributed by atoms with Gasteiger partial charge in [-0.1, -0.05) is 38.1 Å². The molecule has 28 heavy (non-hydrogen) atoms. The maximum atomic E-state index is 12.8. The zero-order valence-electron chi connectivity index (χ0n) is 15.6. The summed E-state index contributed by atoms with van der Waals surface area (Å²) in [6.07, 6.45) is 1.58. The Labute approximate surface area is 165 Å². The van der Waals surface area contributed by atoms with E-state index < -0.39 is 0 Å². The highest BCUT2D eigenvalue weighted by molar-refractivity contribution is 7.14. The van der Waals surface area contributed by atoms with Crippen molar-refractivity contribution in [1.82, 2.24) is 15.1 Å². The number of benzene rings is 1. The van der Waals surface area contributed by atoms with E-state index in [2.05, 4.69) is 20.4 Å². The van der Waals surface area contributed by atoms with Crippen molar-refractivity contribution in [3.63, 3.8) is 0 Å². The maximum absolute atomic E-state index is 12.8. The van der Waals surface area contributed by atoms with Crippen molar-refractivity contribution in [3.05, 3.63) is 59.4 Å². The molecule has 8 heteroatoms. The van der Waals surface area contributed by atoms with Gasteiger partial charge in [0.25, 0.3) is 11.8 Å². The summed E-state index contributed by atoms with van der Waals surface area (Å²) >= 11 is 1.33. The van der Waals surface area contributed by atoms with E-state index >= 15 is 0 Å². The van der Waals surface area contributed by atoms with Crippen LogP contribution in [0.2, 0.25) is 0 Å². The third kappa shape index (κ3) is 3.59. The van der Waals surface area contributed by atoms with Crippen molar-refractivity contribution in [2.45, 2.75) is 26.2 Å². The molecular weight excluding hydrogens is 376 g/mol. The van der Waals surface area contributed by atoms with Crippen LogP contribution in [0.25, 0.3) is 22.9 Å². The minimum absolute atomic E-state index is 0.248. The molecule has 1 amide bonds. The number of furan rings is 1. The lowest BCUT2D eigenvalue weighted by atomic mass is 9.96. The Kier molecular flexibility index (Phi) is 4.56. The molecule has 0 aliphatic heterocycles. The van der Waals surface area contributed by atoms with Crippen LogP contribution in [0.4, 0.5) is 5.13 Å².